The Morgan fingerprint density at radius 3 is 2.84 bits per heavy atom. The van der Waals surface area contributed by atoms with E-state index in [0.29, 0.717) is 24.3 Å². The zero-order valence-corrected chi connectivity index (χ0v) is 22.9. The molecule has 6 nitrogen and oxygen atoms in total. The zero-order valence-electron chi connectivity index (χ0n) is 22.9. The number of amides is 1. The van der Waals surface area contributed by atoms with Crippen molar-refractivity contribution in [2.75, 3.05) is 13.2 Å². The molecule has 3 saturated carbocycles. The minimum absolute atomic E-state index is 0.0392. The van der Waals surface area contributed by atoms with E-state index in [1.54, 1.807) is 0 Å². The van der Waals surface area contributed by atoms with E-state index < -0.39 is 5.60 Å². The average molecular weight is 516 g/mol. The number of oxime groups is 1. The largest absolute Gasteiger partial charge is 0.390 e. The minimum atomic E-state index is -0.540. The van der Waals surface area contributed by atoms with Gasteiger partial charge in [-0.05, 0) is 98.8 Å². The van der Waals surface area contributed by atoms with Crippen LogP contribution in [0.2, 0.25) is 0 Å². The summed E-state index contributed by atoms with van der Waals surface area (Å²) in [5, 5.41) is 19.6. The average Bonchev–Trinajstić information content (AvgIpc) is 3.41. The molecule has 3 N–H and O–H groups in total. The van der Waals surface area contributed by atoms with E-state index in [1.807, 2.05) is 18.3 Å². The van der Waals surface area contributed by atoms with Crippen molar-refractivity contribution in [1.29, 1.82) is 0 Å². The van der Waals surface area contributed by atoms with Gasteiger partial charge in [0.05, 0.1) is 5.60 Å². The third-order valence-corrected chi connectivity index (χ3v) is 10.9. The molecule has 0 saturated heterocycles. The molecule has 3 fully saturated rings. The number of aromatic nitrogens is 1. The molecule has 0 bridgehead atoms. The van der Waals surface area contributed by atoms with Gasteiger partial charge in [0.25, 0.3) is 5.91 Å². The first kappa shape index (κ1) is 25.4. The number of fused-ring (bicyclic) bond motifs is 6. The number of rotatable bonds is 6. The fourth-order valence-corrected chi connectivity index (χ4v) is 8.40. The smallest absolute Gasteiger partial charge is 0.260 e. The van der Waals surface area contributed by atoms with Gasteiger partial charge in [-0.1, -0.05) is 48.9 Å². The highest BCUT2D eigenvalue weighted by Crippen LogP contribution is 2.66. The summed E-state index contributed by atoms with van der Waals surface area (Å²) in [6.45, 7) is 7.26. The molecule has 2 aromatic rings. The molecule has 1 aromatic carbocycles. The van der Waals surface area contributed by atoms with Gasteiger partial charge >= 0.3 is 0 Å². The number of hydrogen-bond donors (Lipinski definition) is 3. The lowest BCUT2D eigenvalue weighted by molar-refractivity contribution is -0.125. The molecular formula is C32H41N3O3. The van der Waals surface area contributed by atoms with Crippen molar-refractivity contribution >= 4 is 22.5 Å². The van der Waals surface area contributed by atoms with E-state index in [-0.39, 0.29) is 23.3 Å². The van der Waals surface area contributed by atoms with Crippen molar-refractivity contribution in [1.82, 2.24) is 10.3 Å². The maximum atomic E-state index is 12.3. The number of nitrogens with zero attached hydrogens (tertiary/aromatic N) is 1. The van der Waals surface area contributed by atoms with Crippen LogP contribution >= 0.6 is 0 Å². The standard InChI is InChI=1S/C32H41N3O3/c1-30-14-10-23(35-38-20-29(36)33-17-13-21-19-34-28-7-5-4-6-24(21)28)18-22(30)8-9-25-26(30)11-15-31(2)27(25)12-16-32(31,3)37/h4-7,10,14,18-19,25-27,34,37H,8-9,11-13,15-17,20H2,1-3H3,(H,33,36)/t25-,26-,27+,30+,31+,32+/m1/s1. The van der Waals surface area contributed by atoms with Crippen LogP contribution in [-0.4, -0.2) is 40.5 Å². The van der Waals surface area contributed by atoms with Gasteiger partial charge < -0.3 is 20.2 Å². The summed E-state index contributed by atoms with van der Waals surface area (Å²) in [5.74, 6) is 1.72. The van der Waals surface area contributed by atoms with Crippen molar-refractivity contribution in [3.63, 3.8) is 0 Å². The Bertz CT molecular complexity index is 1320. The molecular weight excluding hydrogens is 474 g/mol. The lowest BCUT2D eigenvalue weighted by Crippen LogP contribution is -2.53. The summed E-state index contributed by atoms with van der Waals surface area (Å²) < 4.78 is 0. The van der Waals surface area contributed by atoms with E-state index in [9.17, 15) is 9.90 Å². The Labute approximate surface area is 225 Å². The van der Waals surface area contributed by atoms with Crippen LogP contribution in [0.25, 0.3) is 10.9 Å². The van der Waals surface area contributed by atoms with Crippen molar-refractivity contribution in [2.45, 2.75) is 71.3 Å². The first-order chi connectivity index (χ1) is 18.2. The van der Waals surface area contributed by atoms with Gasteiger partial charge in [-0.15, -0.1) is 0 Å². The normalized spacial score (nSPS) is 36.9. The van der Waals surface area contributed by atoms with Crippen LogP contribution in [0.5, 0.6) is 0 Å². The van der Waals surface area contributed by atoms with Crippen LogP contribution in [0.15, 0.2) is 59.4 Å². The van der Waals surface area contributed by atoms with Gasteiger partial charge in [-0.25, -0.2) is 0 Å². The molecule has 0 aliphatic heterocycles. The number of nitrogens with one attached hydrogen (secondary N) is 2. The molecule has 0 radical (unpaired) electrons. The second-order valence-electron chi connectivity index (χ2n) is 12.7. The Kier molecular flexibility index (Phi) is 6.29. The van der Waals surface area contributed by atoms with Crippen molar-refractivity contribution in [3.8, 4) is 0 Å². The number of H-pyrrole nitrogens is 1. The van der Waals surface area contributed by atoms with Crippen LogP contribution in [0.3, 0.4) is 0 Å². The van der Waals surface area contributed by atoms with Crippen LogP contribution in [0.4, 0.5) is 0 Å². The van der Waals surface area contributed by atoms with Gasteiger partial charge in [0, 0.05) is 29.1 Å². The van der Waals surface area contributed by atoms with Gasteiger partial charge in [0.1, 0.15) is 5.71 Å². The number of para-hydroxylation sites is 1. The molecule has 202 valence electrons. The third-order valence-electron chi connectivity index (χ3n) is 10.9. The predicted molar refractivity (Wildman–Crippen MR) is 151 cm³/mol. The van der Waals surface area contributed by atoms with Crippen LogP contribution < -0.4 is 5.32 Å². The summed E-state index contributed by atoms with van der Waals surface area (Å²) in [5.41, 5.74) is 4.06. The third kappa shape index (κ3) is 4.12. The number of aliphatic hydroxyl groups is 1. The zero-order chi connectivity index (χ0) is 26.5. The van der Waals surface area contributed by atoms with Gasteiger partial charge in [0.15, 0.2) is 6.61 Å². The first-order valence-corrected chi connectivity index (χ1v) is 14.4. The van der Waals surface area contributed by atoms with Gasteiger partial charge in [0.2, 0.25) is 0 Å². The van der Waals surface area contributed by atoms with Crippen molar-refractivity contribution in [2.24, 2.45) is 33.7 Å². The number of allylic oxidation sites excluding steroid dienone is 4. The van der Waals surface area contributed by atoms with Crippen molar-refractivity contribution < 1.29 is 14.7 Å². The Hall–Kier alpha value is -2.86. The molecule has 0 spiro atoms. The quantitative estimate of drug-likeness (QED) is 0.432. The summed E-state index contributed by atoms with van der Waals surface area (Å²) >= 11 is 0. The fraction of sp³-hybridized carbons (Fsp3) is 0.562. The molecule has 6 heteroatoms. The molecule has 4 aliphatic carbocycles. The van der Waals surface area contributed by atoms with E-state index in [0.717, 1.165) is 49.8 Å². The second kappa shape index (κ2) is 9.41. The van der Waals surface area contributed by atoms with E-state index in [4.69, 9.17) is 4.84 Å². The topological polar surface area (TPSA) is 86.7 Å². The van der Waals surface area contributed by atoms with E-state index in [1.165, 1.54) is 22.9 Å². The van der Waals surface area contributed by atoms with Gasteiger partial charge in [-0.3, -0.25) is 4.79 Å². The Morgan fingerprint density at radius 1 is 1.16 bits per heavy atom. The summed E-state index contributed by atoms with van der Waals surface area (Å²) in [7, 11) is 0. The lowest BCUT2D eigenvalue weighted by atomic mass is 9.47. The first-order valence-electron chi connectivity index (χ1n) is 14.4. The monoisotopic (exact) mass is 515 g/mol. The number of carbonyl (C=O) groups excluding carboxylic acids is 1. The maximum Gasteiger partial charge on any atom is 0.260 e. The number of carbonyl (C=O) groups is 1. The molecule has 6 rings (SSSR count). The predicted octanol–water partition coefficient (Wildman–Crippen LogP) is 5.69. The second-order valence-corrected chi connectivity index (χ2v) is 12.7. The Balaban J connectivity index is 1.03. The number of benzene rings is 1. The van der Waals surface area contributed by atoms with Crippen LogP contribution in [-0.2, 0) is 16.1 Å². The lowest BCUT2D eigenvalue weighted by Gasteiger charge is -2.58. The molecule has 1 heterocycles. The highest BCUT2D eigenvalue weighted by atomic mass is 16.6. The number of hydrogen-bond acceptors (Lipinski definition) is 4. The SMILES string of the molecule is C[C@]12C=CC(=NOCC(=O)NCCc3c[nH]c4ccccc34)C=C1CC[C@@H]1[C@H]2CC[C@@]2(C)[C@H]1CC[C@]2(C)O. The number of aromatic amines is 1. The minimum Gasteiger partial charge on any atom is -0.390 e. The van der Waals surface area contributed by atoms with Crippen LogP contribution in [0, 0.1) is 28.6 Å². The van der Waals surface area contributed by atoms with Crippen LogP contribution in [0.1, 0.15) is 64.9 Å². The Morgan fingerprint density at radius 2 is 1.97 bits per heavy atom. The molecule has 4 aliphatic rings. The van der Waals surface area contributed by atoms with Crippen molar-refractivity contribution in [3.05, 3.63) is 59.8 Å². The van der Waals surface area contributed by atoms with E-state index >= 15 is 0 Å². The van der Waals surface area contributed by atoms with Gasteiger partial charge in [-0.2, -0.15) is 0 Å². The van der Waals surface area contributed by atoms with E-state index in [2.05, 4.69) is 66.6 Å². The summed E-state index contributed by atoms with van der Waals surface area (Å²) in [4.78, 5) is 21.0. The molecule has 38 heavy (non-hydrogen) atoms. The molecule has 1 aromatic heterocycles. The highest BCUT2D eigenvalue weighted by molar-refractivity contribution is 6.05. The maximum absolute atomic E-state index is 12.3. The summed E-state index contributed by atoms with van der Waals surface area (Å²) in [6.07, 6.45) is 15.9. The highest BCUT2D eigenvalue weighted by Gasteiger charge is 2.61. The summed E-state index contributed by atoms with van der Waals surface area (Å²) in [6, 6.07) is 8.19. The molecule has 0 unspecified atom stereocenters. The fourth-order valence-electron chi connectivity index (χ4n) is 8.40. The molecule has 6 atom stereocenters. The molecule has 1 amide bonds.